The van der Waals surface area contributed by atoms with Gasteiger partial charge in [-0.2, -0.15) is 0 Å². The first-order valence-electron chi connectivity index (χ1n) is 29.6. The van der Waals surface area contributed by atoms with E-state index in [4.69, 9.17) is 4.74 Å². The Hall–Kier alpha value is -1.66. The Morgan fingerprint density at radius 2 is 0.758 bits per heavy atom. The topological polar surface area (TPSA) is 95.9 Å². The van der Waals surface area contributed by atoms with Crippen molar-refractivity contribution in [2.45, 2.75) is 341 Å². The molecule has 0 aliphatic heterocycles. The number of aliphatic hydroxyl groups excluding tert-OH is 2. The van der Waals surface area contributed by atoms with Crippen molar-refractivity contribution in [1.82, 2.24) is 5.32 Å². The zero-order valence-corrected chi connectivity index (χ0v) is 44.6. The van der Waals surface area contributed by atoms with Crippen LogP contribution in [0.15, 0.2) is 24.3 Å². The van der Waals surface area contributed by atoms with Gasteiger partial charge in [-0.15, -0.1) is 0 Å². The number of rotatable bonds is 54. The summed E-state index contributed by atoms with van der Waals surface area (Å²) in [4.78, 5) is 26.3. The number of allylic oxidation sites excluding steroid dienone is 4. The lowest BCUT2D eigenvalue weighted by atomic mass is 10.0. The number of nitrogens with one attached hydrogen (secondary N) is 1. The van der Waals surface area contributed by atoms with E-state index in [1.165, 1.54) is 212 Å². The largest absolute Gasteiger partial charge is 0.462 e. The Bertz CT molecular complexity index is 1040. The van der Waals surface area contributed by atoms with E-state index in [1.807, 2.05) is 0 Å². The Kier molecular flexibility index (Phi) is 52.9. The number of ether oxygens (including phenoxy) is 1. The first-order chi connectivity index (χ1) is 32.5. The molecule has 0 bridgehead atoms. The number of esters is 1. The summed E-state index contributed by atoms with van der Waals surface area (Å²) in [6, 6.07) is -0.707. The lowest BCUT2D eigenvalue weighted by molar-refractivity contribution is -0.151. The van der Waals surface area contributed by atoms with Crippen LogP contribution in [-0.4, -0.2) is 46.9 Å². The molecule has 1 amide bonds. The number of carbonyl (C=O) groups excluding carboxylic acids is 2. The van der Waals surface area contributed by atoms with Crippen LogP contribution in [0.4, 0.5) is 0 Å². The first kappa shape index (κ1) is 64.3. The van der Waals surface area contributed by atoms with E-state index in [0.29, 0.717) is 19.3 Å². The van der Waals surface area contributed by atoms with Gasteiger partial charge in [0.15, 0.2) is 0 Å². The van der Waals surface area contributed by atoms with Gasteiger partial charge in [0.1, 0.15) is 6.10 Å². The average molecular weight is 931 g/mol. The highest BCUT2D eigenvalue weighted by molar-refractivity contribution is 5.77. The third-order valence-electron chi connectivity index (χ3n) is 13.8. The third kappa shape index (κ3) is 48.8. The van der Waals surface area contributed by atoms with Gasteiger partial charge in [-0.25, -0.2) is 0 Å². The van der Waals surface area contributed by atoms with Crippen molar-refractivity contribution in [3.63, 3.8) is 0 Å². The lowest BCUT2D eigenvalue weighted by Crippen LogP contribution is -2.46. The number of hydrogen-bond donors (Lipinski definition) is 3. The summed E-state index contributed by atoms with van der Waals surface area (Å²) >= 11 is 0. The van der Waals surface area contributed by atoms with Crippen molar-refractivity contribution in [3.8, 4) is 0 Å². The zero-order valence-electron chi connectivity index (χ0n) is 44.6. The van der Waals surface area contributed by atoms with Crippen LogP contribution in [-0.2, 0) is 14.3 Å². The molecule has 0 aliphatic rings. The summed E-state index contributed by atoms with van der Waals surface area (Å²) in [5, 5.41) is 23.9. The monoisotopic (exact) mass is 930 g/mol. The Labute approximate surface area is 411 Å². The van der Waals surface area contributed by atoms with Crippen LogP contribution in [0.5, 0.6) is 0 Å². The van der Waals surface area contributed by atoms with E-state index in [-0.39, 0.29) is 24.9 Å². The van der Waals surface area contributed by atoms with Gasteiger partial charge in [0, 0.05) is 6.42 Å². The van der Waals surface area contributed by atoms with Crippen LogP contribution in [0.3, 0.4) is 0 Å². The molecule has 0 radical (unpaired) electrons. The highest BCUT2D eigenvalue weighted by atomic mass is 16.5. The zero-order chi connectivity index (χ0) is 48.1. The molecule has 0 aromatic rings. The fourth-order valence-electron chi connectivity index (χ4n) is 9.31. The van der Waals surface area contributed by atoms with E-state index in [1.54, 1.807) is 0 Å². The summed E-state index contributed by atoms with van der Waals surface area (Å²) in [5.41, 5.74) is 0. The van der Waals surface area contributed by atoms with E-state index < -0.39 is 18.2 Å². The van der Waals surface area contributed by atoms with Crippen molar-refractivity contribution < 1.29 is 24.5 Å². The molecule has 0 fully saturated rings. The second-order valence-corrected chi connectivity index (χ2v) is 20.4. The first-order valence-corrected chi connectivity index (χ1v) is 29.6. The molecule has 3 atom stereocenters. The van der Waals surface area contributed by atoms with Gasteiger partial charge in [0.05, 0.1) is 25.2 Å². The van der Waals surface area contributed by atoms with E-state index in [2.05, 4.69) is 50.4 Å². The van der Waals surface area contributed by atoms with Crippen molar-refractivity contribution in [2.75, 3.05) is 6.61 Å². The van der Waals surface area contributed by atoms with Crippen molar-refractivity contribution >= 4 is 11.9 Å². The molecule has 0 saturated heterocycles. The van der Waals surface area contributed by atoms with Crippen LogP contribution in [0.2, 0.25) is 0 Å². The quantitative estimate of drug-likeness (QED) is 0.0321. The van der Waals surface area contributed by atoms with E-state index >= 15 is 0 Å². The fourth-order valence-corrected chi connectivity index (χ4v) is 9.31. The number of hydrogen-bond acceptors (Lipinski definition) is 5. The molecule has 0 aromatic heterocycles. The van der Waals surface area contributed by atoms with Crippen molar-refractivity contribution in [1.29, 1.82) is 0 Å². The average Bonchev–Trinajstić information content (AvgIpc) is 3.31. The van der Waals surface area contributed by atoms with Crippen LogP contribution in [0, 0.1) is 0 Å². The Balaban J connectivity index is 4.55. The minimum Gasteiger partial charge on any atom is -0.462 e. The highest BCUT2D eigenvalue weighted by Gasteiger charge is 2.24. The van der Waals surface area contributed by atoms with E-state index in [0.717, 1.165) is 64.2 Å². The van der Waals surface area contributed by atoms with Gasteiger partial charge < -0.3 is 20.3 Å². The Morgan fingerprint density at radius 1 is 0.439 bits per heavy atom. The molecule has 0 aromatic carbocycles. The highest BCUT2D eigenvalue weighted by Crippen LogP contribution is 2.19. The minimum absolute atomic E-state index is 0.0658. The summed E-state index contributed by atoms with van der Waals surface area (Å²) in [5.74, 6) is -0.480. The van der Waals surface area contributed by atoms with Gasteiger partial charge in [-0.3, -0.25) is 9.59 Å². The number of amides is 1. The maximum atomic E-state index is 13.3. The summed E-state index contributed by atoms with van der Waals surface area (Å²) in [6.07, 6.45) is 63.9. The molecular formula is C60H115NO5. The van der Waals surface area contributed by atoms with Crippen LogP contribution < -0.4 is 5.32 Å². The lowest BCUT2D eigenvalue weighted by Gasteiger charge is -2.24. The van der Waals surface area contributed by atoms with Gasteiger partial charge >= 0.3 is 5.97 Å². The fraction of sp³-hybridized carbons (Fsp3) is 0.900. The maximum absolute atomic E-state index is 13.3. The number of aliphatic hydroxyl groups is 2. The van der Waals surface area contributed by atoms with Crippen LogP contribution >= 0.6 is 0 Å². The molecule has 66 heavy (non-hydrogen) atoms. The molecule has 3 N–H and O–H groups in total. The number of unbranched alkanes of at least 4 members (excludes halogenated alkanes) is 39. The SMILES string of the molecule is CCCCCCCCC/C=C/C=C/CCCCCC(CC(=O)NC(CO)C(O)CCCCCCCCCCCCCCCCCC)OC(=O)CCCCCCCCCCCCCCCCC. The predicted octanol–water partition coefficient (Wildman–Crippen LogP) is 18.2. The third-order valence-corrected chi connectivity index (χ3v) is 13.8. The molecule has 0 spiro atoms. The standard InChI is InChI=1S/C60H115NO5/c1-4-7-10-13-16-19-22-25-28-31-33-36-39-42-45-48-51-56(66-60(65)53-50-47-44-41-38-35-30-27-24-21-18-15-12-9-6-3)54-59(64)61-57(55-62)58(63)52-49-46-43-40-37-34-32-29-26-23-20-17-14-11-8-5-2/h28,31,33,36,56-58,62-63H,4-27,29-30,32,34-35,37-55H2,1-3H3,(H,61,64)/b31-28+,36-33+. The molecule has 0 aliphatic carbocycles. The van der Waals surface area contributed by atoms with Gasteiger partial charge in [-0.1, -0.05) is 283 Å². The molecule has 0 heterocycles. The summed E-state index contributed by atoms with van der Waals surface area (Å²) in [7, 11) is 0. The minimum atomic E-state index is -0.792. The van der Waals surface area contributed by atoms with Crippen LogP contribution in [0.25, 0.3) is 0 Å². The molecule has 390 valence electrons. The predicted molar refractivity (Wildman–Crippen MR) is 287 cm³/mol. The van der Waals surface area contributed by atoms with Crippen molar-refractivity contribution in [3.05, 3.63) is 24.3 Å². The summed E-state index contributed by atoms with van der Waals surface area (Å²) in [6.45, 7) is 6.52. The maximum Gasteiger partial charge on any atom is 0.306 e. The summed E-state index contributed by atoms with van der Waals surface area (Å²) < 4.78 is 5.96. The van der Waals surface area contributed by atoms with Gasteiger partial charge in [-0.05, 0) is 51.4 Å². The smallest absolute Gasteiger partial charge is 0.306 e. The molecule has 0 rings (SSSR count). The van der Waals surface area contributed by atoms with Crippen LogP contribution in [0.1, 0.15) is 323 Å². The molecule has 6 heteroatoms. The molecule has 3 unspecified atom stereocenters. The molecule has 0 saturated carbocycles. The van der Waals surface area contributed by atoms with Crippen molar-refractivity contribution in [2.24, 2.45) is 0 Å². The molecule has 6 nitrogen and oxygen atoms in total. The Morgan fingerprint density at radius 3 is 1.14 bits per heavy atom. The second-order valence-electron chi connectivity index (χ2n) is 20.4. The second kappa shape index (κ2) is 54.3. The number of carbonyl (C=O) groups is 2. The molecular weight excluding hydrogens is 815 g/mol. The van der Waals surface area contributed by atoms with Gasteiger partial charge in [0.2, 0.25) is 5.91 Å². The normalized spacial score (nSPS) is 13.2. The van der Waals surface area contributed by atoms with E-state index in [9.17, 15) is 19.8 Å². The van der Waals surface area contributed by atoms with Gasteiger partial charge in [0.25, 0.3) is 0 Å².